The molecule has 6 aromatic rings. The second-order valence-electron chi connectivity index (χ2n) is 10.3. The summed E-state index contributed by atoms with van der Waals surface area (Å²) in [6, 6.07) is 43.1. The second kappa shape index (κ2) is 15.8. The Morgan fingerprint density at radius 1 is 0.659 bits per heavy atom. The van der Waals surface area contributed by atoms with E-state index < -0.39 is 15.6 Å². The topological polar surface area (TPSA) is 54.4 Å². The summed E-state index contributed by atoms with van der Waals surface area (Å²) < 4.78 is 57.5. The van der Waals surface area contributed by atoms with E-state index >= 15 is 0 Å². The fraction of sp³-hybridized carbons (Fsp3) is 0.143. The molecule has 0 saturated heterocycles. The third-order valence-electron chi connectivity index (χ3n) is 6.25. The fourth-order valence-electron chi connectivity index (χ4n) is 4.51. The van der Waals surface area contributed by atoms with Crippen LogP contribution in [-0.2, 0) is 33.5 Å². The average molecular weight is 710 g/mol. The van der Waals surface area contributed by atoms with Crippen molar-refractivity contribution in [1.82, 2.24) is 0 Å². The van der Waals surface area contributed by atoms with E-state index in [4.69, 9.17) is 13.0 Å². The van der Waals surface area contributed by atoms with E-state index in [-0.39, 0.29) is 5.43 Å². The standard InChI is InChI=1S/2C16H13.C2H6Si.CHF3O3S.Zr/c2*1-12-10-14-8-5-9-15(16(14)11-12)13-6-3-2-4-7-13;1-3-2;2-1(3,4)8(5,6)7;/h2*2-11H,1H3;1-2H3;(H,5,6,7);/q2*-1;;;+2. The number of fused-ring (bicyclic) bond motifs is 2. The monoisotopic (exact) mass is 708 g/mol. The number of rotatable bonds is 2. The molecule has 0 aromatic heterocycles. The Morgan fingerprint density at radius 2 is 0.977 bits per heavy atom. The van der Waals surface area contributed by atoms with E-state index in [2.05, 4.69) is 148 Å². The van der Waals surface area contributed by atoms with Gasteiger partial charge in [-0.05, 0) is 11.1 Å². The van der Waals surface area contributed by atoms with Gasteiger partial charge < -0.3 is 0 Å². The third-order valence-corrected chi connectivity index (χ3v) is 6.84. The van der Waals surface area contributed by atoms with Crippen molar-refractivity contribution in [3.8, 4) is 22.3 Å². The predicted molar refractivity (Wildman–Crippen MR) is 175 cm³/mol. The summed E-state index contributed by atoms with van der Waals surface area (Å²) in [6.45, 7) is 8.91. The summed E-state index contributed by atoms with van der Waals surface area (Å²) in [5, 5.41) is 5.37. The van der Waals surface area contributed by atoms with Crippen molar-refractivity contribution in [2.75, 3.05) is 0 Å². The number of benzene rings is 4. The van der Waals surface area contributed by atoms with Crippen LogP contribution >= 0.6 is 0 Å². The molecule has 226 valence electrons. The van der Waals surface area contributed by atoms with Crippen molar-refractivity contribution < 1.29 is 49.5 Å². The van der Waals surface area contributed by atoms with Crippen LogP contribution in [0.4, 0.5) is 13.2 Å². The zero-order valence-electron chi connectivity index (χ0n) is 24.9. The maximum atomic E-state index is 10.7. The smallest absolute Gasteiger partial charge is 0.279 e. The van der Waals surface area contributed by atoms with Crippen LogP contribution in [0, 0.1) is 13.8 Å². The molecule has 0 radical (unpaired) electrons. The van der Waals surface area contributed by atoms with Crippen LogP contribution in [0.3, 0.4) is 0 Å². The number of aryl methyl sites for hydroxylation is 2. The molecule has 0 aliphatic rings. The minimum Gasteiger partial charge on any atom is -0.279 e. The average Bonchev–Trinajstić information content (AvgIpc) is 3.54. The molecular weight excluding hydrogens is 677 g/mol. The van der Waals surface area contributed by atoms with Crippen molar-refractivity contribution in [1.29, 1.82) is 0 Å². The van der Waals surface area contributed by atoms with Crippen molar-refractivity contribution in [3.05, 3.63) is 132 Å². The first kappa shape index (κ1) is 35.4. The molecule has 0 saturated carbocycles. The first-order chi connectivity index (χ1) is 20.7. The van der Waals surface area contributed by atoms with Gasteiger partial charge in [0, 0.05) is 0 Å². The second-order valence-corrected chi connectivity index (χ2v) is 21.1. The Bertz CT molecular complexity index is 1810. The van der Waals surface area contributed by atoms with E-state index in [1.54, 1.807) is 23.3 Å². The molecule has 0 aliphatic carbocycles. The Balaban J connectivity index is 0.000000179. The van der Waals surface area contributed by atoms with Gasteiger partial charge in [-0.25, -0.2) is 0 Å². The molecule has 9 heteroatoms. The maximum Gasteiger partial charge on any atom is 0.522 e. The van der Waals surface area contributed by atoms with Gasteiger partial charge in [0.05, 0.1) is 0 Å². The normalized spacial score (nSPS) is 11.0. The Labute approximate surface area is 272 Å². The summed E-state index contributed by atoms with van der Waals surface area (Å²) in [5.41, 5.74) is 2.57. The number of alkyl halides is 3. The van der Waals surface area contributed by atoms with Crippen LogP contribution < -0.4 is 0 Å². The zero-order chi connectivity index (χ0) is 32.5. The van der Waals surface area contributed by atoms with Crippen molar-refractivity contribution in [2.24, 2.45) is 0 Å². The molecule has 0 aliphatic heterocycles. The summed E-state index contributed by atoms with van der Waals surface area (Å²) in [7, 11) is -5.84. The number of hydrogen-bond acceptors (Lipinski definition) is 2. The van der Waals surface area contributed by atoms with Crippen LogP contribution in [-0.4, -0.2) is 23.9 Å². The molecule has 0 bridgehead atoms. The number of halogens is 3. The quantitative estimate of drug-likeness (QED) is 0.0843. The van der Waals surface area contributed by atoms with Crippen LogP contribution in [0.2, 0.25) is 13.1 Å². The summed E-state index contributed by atoms with van der Waals surface area (Å²) in [5.74, 6) is 0. The van der Waals surface area contributed by atoms with Gasteiger partial charge in [0.1, 0.15) is 0 Å². The van der Waals surface area contributed by atoms with Gasteiger partial charge in [-0.1, -0.05) is 97.8 Å². The largest absolute Gasteiger partial charge is 0.522 e. The van der Waals surface area contributed by atoms with Gasteiger partial charge in [-0.2, -0.15) is 33.7 Å². The van der Waals surface area contributed by atoms with E-state index in [1.807, 2.05) is 0 Å². The third kappa shape index (κ3) is 10.2. The summed E-state index contributed by atoms with van der Waals surface area (Å²) in [4.78, 5) is 0. The Morgan fingerprint density at radius 3 is 1.27 bits per heavy atom. The van der Waals surface area contributed by atoms with E-state index in [0.717, 1.165) is 0 Å². The molecule has 6 aromatic carbocycles. The fourth-order valence-corrected chi connectivity index (χ4v) is 4.51. The molecule has 44 heavy (non-hydrogen) atoms. The van der Waals surface area contributed by atoms with Gasteiger partial charge in [-0.3, -0.25) is 4.55 Å². The molecule has 0 atom stereocenters. The molecule has 6 rings (SSSR count). The number of hydrogen-bond donors (Lipinski definition) is 1. The molecular formula is C35H33F3O3SSiZr. The van der Waals surface area contributed by atoms with Crippen molar-refractivity contribution in [2.45, 2.75) is 32.4 Å². The summed E-state index contributed by atoms with van der Waals surface area (Å²) >= 11 is 1.74. The molecule has 1 N–H and O–H groups in total. The molecule has 0 heterocycles. The van der Waals surface area contributed by atoms with Gasteiger partial charge in [0.2, 0.25) is 0 Å². The molecule has 3 nitrogen and oxygen atoms in total. The van der Waals surface area contributed by atoms with E-state index in [9.17, 15) is 13.2 Å². The maximum absolute atomic E-state index is 10.7. The molecule has 0 unspecified atom stereocenters. The van der Waals surface area contributed by atoms with E-state index in [1.165, 1.54) is 54.9 Å². The van der Waals surface area contributed by atoms with Crippen molar-refractivity contribution in [3.63, 3.8) is 0 Å². The van der Waals surface area contributed by atoms with Gasteiger partial charge >= 0.3 is 57.5 Å². The van der Waals surface area contributed by atoms with Crippen LogP contribution in [0.25, 0.3) is 43.8 Å². The molecule has 0 spiro atoms. The Hall–Kier alpha value is -3.10. The summed E-state index contributed by atoms with van der Waals surface area (Å²) in [6.07, 6.45) is 0. The van der Waals surface area contributed by atoms with Crippen LogP contribution in [0.15, 0.2) is 121 Å². The molecule has 0 amide bonds. The van der Waals surface area contributed by atoms with Gasteiger partial charge in [-0.15, -0.1) is 69.1 Å². The minimum atomic E-state index is -5.84. The first-order valence-corrected chi connectivity index (χ1v) is 21.3. The zero-order valence-corrected chi connectivity index (χ0v) is 29.1. The Kier molecular flexibility index (Phi) is 12.7. The van der Waals surface area contributed by atoms with E-state index in [0.29, 0.717) is 0 Å². The SMILES string of the molecule is C[Si](C)=[Zr+2].Cc1cc2c(-c3ccccc3)cccc2[cH-]1.Cc1cc2c(-c3ccccc3)cccc2[cH-]1.O=S(=O)(O)C(F)(F)F. The predicted octanol–water partition coefficient (Wildman–Crippen LogP) is 10.2. The van der Waals surface area contributed by atoms with Gasteiger partial charge in [0.25, 0.3) is 0 Å². The van der Waals surface area contributed by atoms with Crippen LogP contribution in [0.5, 0.6) is 0 Å². The van der Waals surface area contributed by atoms with Gasteiger partial charge in [0.15, 0.2) is 0 Å². The minimum absolute atomic E-state index is 0.210. The molecule has 0 fully saturated rings. The van der Waals surface area contributed by atoms with Crippen LogP contribution in [0.1, 0.15) is 11.1 Å². The first-order valence-electron chi connectivity index (χ1n) is 13.7. The van der Waals surface area contributed by atoms with Crippen molar-refractivity contribution >= 4 is 37.1 Å².